The van der Waals surface area contributed by atoms with Crippen molar-refractivity contribution >= 4 is 29.3 Å². The van der Waals surface area contributed by atoms with Gasteiger partial charge in [0.15, 0.2) is 6.61 Å². The standard InChI is InChI=1S/C16H19N3O7/c1-2-25-16(22)17-14(20)10-26-15(21)11-5-6-12(13(9-11)19(23)24)18-7-3-4-8-18/h5-6,9H,2-4,7-8,10H2,1H3,(H,17,20,22). The van der Waals surface area contributed by atoms with E-state index in [2.05, 4.69) is 4.74 Å². The van der Waals surface area contributed by atoms with Crippen molar-refractivity contribution in [3.05, 3.63) is 33.9 Å². The molecule has 1 aliphatic rings. The van der Waals surface area contributed by atoms with Gasteiger partial charge in [-0.05, 0) is 31.9 Å². The quantitative estimate of drug-likeness (QED) is 0.457. The van der Waals surface area contributed by atoms with E-state index in [1.54, 1.807) is 6.92 Å². The molecule has 2 rings (SSSR count). The average Bonchev–Trinajstić information content (AvgIpc) is 3.13. The molecule has 10 nitrogen and oxygen atoms in total. The zero-order chi connectivity index (χ0) is 19.1. The number of ether oxygens (including phenoxy) is 2. The van der Waals surface area contributed by atoms with Crippen LogP contribution < -0.4 is 10.2 Å². The van der Waals surface area contributed by atoms with Crippen molar-refractivity contribution < 1.29 is 28.8 Å². The summed E-state index contributed by atoms with van der Waals surface area (Å²) in [4.78, 5) is 47.2. The van der Waals surface area contributed by atoms with Crippen LogP contribution in [0.25, 0.3) is 0 Å². The molecule has 0 aliphatic carbocycles. The summed E-state index contributed by atoms with van der Waals surface area (Å²) < 4.78 is 9.29. The summed E-state index contributed by atoms with van der Waals surface area (Å²) in [5.74, 6) is -1.76. The number of esters is 1. The van der Waals surface area contributed by atoms with E-state index in [1.807, 2.05) is 10.2 Å². The van der Waals surface area contributed by atoms with Gasteiger partial charge < -0.3 is 14.4 Å². The number of benzene rings is 1. The lowest BCUT2D eigenvalue weighted by Crippen LogP contribution is -2.34. The van der Waals surface area contributed by atoms with Gasteiger partial charge in [0.1, 0.15) is 5.69 Å². The van der Waals surface area contributed by atoms with Crippen LogP contribution in [0.4, 0.5) is 16.2 Å². The van der Waals surface area contributed by atoms with Crippen LogP contribution in [-0.2, 0) is 14.3 Å². The number of nitrogens with one attached hydrogen (secondary N) is 1. The Labute approximate surface area is 149 Å². The maximum absolute atomic E-state index is 12.0. The fourth-order valence-corrected chi connectivity index (χ4v) is 2.55. The van der Waals surface area contributed by atoms with Crippen molar-refractivity contribution in [2.75, 3.05) is 31.2 Å². The number of hydrogen-bond donors (Lipinski definition) is 1. The molecule has 0 bridgehead atoms. The molecule has 0 aromatic heterocycles. The second kappa shape index (κ2) is 8.79. The highest BCUT2D eigenvalue weighted by Gasteiger charge is 2.24. The van der Waals surface area contributed by atoms with Crippen molar-refractivity contribution in [2.24, 2.45) is 0 Å². The van der Waals surface area contributed by atoms with E-state index >= 15 is 0 Å². The molecule has 1 aromatic rings. The van der Waals surface area contributed by atoms with E-state index in [0.29, 0.717) is 5.69 Å². The van der Waals surface area contributed by atoms with Crippen LogP contribution >= 0.6 is 0 Å². The Bertz CT molecular complexity index is 714. The van der Waals surface area contributed by atoms with Gasteiger partial charge in [-0.2, -0.15) is 0 Å². The lowest BCUT2D eigenvalue weighted by Gasteiger charge is -2.17. The van der Waals surface area contributed by atoms with Gasteiger partial charge >= 0.3 is 12.1 Å². The van der Waals surface area contributed by atoms with Crippen LogP contribution in [-0.4, -0.2) is 49.2 Å². The molecule has 1 aromatic carbocycles. The van der Waals surface area contributed by atoms with Crippen molar-refractivity contribution in [2.45, 2.75) is 19.8 Å². The molecular formula is C16H19N3O7. The molecule has 1 aliphatic heterocycles. The molecule has 1 fully saturated rings. The third kappa shape index (κ3) is 4.91. The predicted molar refractivity (Wildman–Crippen MR) is 90.0 cm³/mol. The van der Waals surface area contributed by atoms with E-state index < -0.39 is 29.5 Å². The number of amides is 2. The normalized spacial score (nSPS) is 13.2. The molecule has 1 saturated heterocycles. The van der Waals surface area contributed by atoms with Gasteiger partial charge in [0.05, 0.1) is 17.1 Å². The van der Waals surface area contributed by atoms with Crippen molar-refractivity contribution in [1.29, 1.82) is 0 Å². The first-order valence-electron chi connectivity index (χ1n) is 8.09. The Balaban J connectivity index is 2.02. The molecule has 26 heavy (non-hydrogen) atoms. The van der Waals surface area contributed by atoms with Gasteiger partial charge in [-0.3, -0.25) is 20.2 Å². The van der Waals surface area contributed by atoms with Crippen LogP contribution in [0.3, 0.4) is 0 Å². The maximum atomic E-state index is 12.0. The highest BCUT2D eigenvalue weighted by Crippen LogP contribution is 2.31. The SMILES string of the molecule is CCOC(=O)NC(=O)COC(=O)c1ccc(N2CCCC2)c([N+](=O)[O-])c1. The van der Waals surface area contributed by atoms with Gasteiger partial charge in [0.2, 0.25) is 0 Å². The number of carbonyl (C=O) groups excluding carboxylic acids is 3. The second-order valence-electron chi connectivity index (χ2n) is 5.50. The summed E-state index contributed by atoms with van der Waals surface area (Å²) in [5, 5.41) is 13.2. The minimum Gasteiger partial charge on any atom is -0.452 e. The highest BCUT2D eigenvalue weighted by molar-refractivity contribution is 5.96. The number of rotatable bonds is 6. The number of imide groups is 1. The minimum atomic E-state index is -0.945. The summed E-state index contributed by atoms with van der Waals surface area (Å²) in [5.41, 5.74) is 0.199. The van der Waals surface area contributed by atoms with Crippen LogP contribution in [0.2, 0.25) is 0 Å². The van der Waals surface area contributed by atoms with Gasteiger partial charge in [-0.1, -0.05) is 0 Å². The molecular weight excluding hydrogens is 346 g/mol. The first-order chi connectivity index (χ1) is 12.4. The Morgan fingerprint density at radius 3 is 2.54 bits per heavy atom. The number of anilines is 1. The molecule has 10 heteroatoms. The number of carbonyl (C=O) groups is 3. The molecule has 0 unspecified atom stereocenters. The molecule has 140 valence electrons. The van der Waals surface area contributed by atoms with Gasteiger partial charge in [0, 0.05) is 19.2 Å². The molecule has 0 saturated carbocycles. The summed E-state index contributed by atoms with van der Waals surface area (Å²) in [6.07, 6.45) is 0.965. The van der Waals surface area contributed by atoms with E-state index in [1.165, 1.54) is 12.1 Å². The molecule has 2 amide bonds. The first-order valence-corrected chi connectivity index (χ1v) is 8.09. The van der Waals surface area contributed by atoms with E-state index in [0.717, 1.165) is 32.0 Å². The number of nitro groups is 1. The van der Waals surface area contributed by atoms with Crippen LogP contribution in [0.15, 0.2) is 18.2 Å². The van der Waals surface area contributed by atoms with E-state index in [4.69, 9.17) is 4.74 Å². The number of hydrogen-bond acceptors (Lipinski definition) is 8. The molecule has 1 N–H and O–H groups in total. The topological polar surface area (TPSA) is 128 Å². The van der Waals surface area contributed by atoms with Gasteiger partial charge in [0.25, 0.3) is 11.6 Å². The largest absolute Gasteiger partial charge is 0.452 e. The second-order valence-corrected chi connectivity index (χ2v) is 5.50. The van der Waals surface area contributed by atoms with Crippen LogP contribution in [0.1, 0.15) is 30.1 Å². The molecule has 0 radical (unpaired) electrons. The first kappa shape index (κ1) is 19.2. The smallest absolute Gasteiger partial charge is 0.413 e. The number of alkyl carbamates (subject to hydrolysis) is 1. The summed E-state index contributed by atoms with van der Waals surface area (Å²) >= 11 is 0. The van der Waals surface area contributed by atoms with Gasteiger partial charge in [-0.25, -0.2) is 9.59 Å². The van der Waals surface area contributed by atoms with Crippen molar-refractivity contribution in [3.63, 3.8) is 0 Å². The van der Waals surface area contributed by atoms with Gasteiger partial charge in [-0.15, -0.1) is 0 Å². The van der Waals surface area contributed by atoms with E-state index in [-0.39, 0.29) is 17.9 Å². The number of nitrogens with zero attached hydrogens (tertiary/aromatic N) is 2. The van der Waals surface area contributed by atoms with Crippen molar-refractivity contribution in [1.82, 2.24) is 5.32 Å². The third-order valence-corrected chi connectivity index (χ3v) is 3.71. The summed E-state index contributed by atoms with van der Waals surface area (Å²) in [6.45, 7) is 2.39. The predicted octanol–water partition coefficient (Wildman–Crippen LogP) is 1.62. The lowest BCUT2D eigenvalue weighted by atomic mass is 10.1. The summed E-state index contributed by atoms with van der Waals surface area (Å²) in [7, 11) is 0. The van der Waals surface area contributed by atoms with Crippen LogP contribution in [0.5, 0.6) is 0 Å². The molecule has 0 atom stereocenters. The Kier molecular flexibility index (Phi) is 6.48. The average molecular weight is 365 g/mol. The summed E-state index contributed by atoms with van der Waals surface area (Å²) in [6, 6.07) is 4.03. The lowest BCUT2D eigenvalue weighted by molar-refractivity contribution is -0.384. The maximum Gasteiger partial charge on any atom is 0.413 e. The molecule has 1 heterocycles. The van der Waals surface area contributed by atoms with Crippen molar-refractivity contribution in [3.8, 4) is 0 Å². The Hall–Kier alpha value is -3.17. The minimum absolute atomic E-state index is 0.0522. The third-order valence-electron chi connectivity index (χ3n) is 3.71. The fraction of sp³-hybridized carbons (Fsp3) is 0.438. The Morgan fingerprint density at radius 2 is 1.92 bits per heavy atom. The zero-order valence-corrected chi connectivity index (χ0v) is 14.2. The number of nitro benzene ring substituents is 1. The molecule has 0 spiro atoms. The highest BCUT2D eigenvalue weighted by atomic mass is 16.6. The zero-order valence-electron chi connectivity index (χ0n) is 14.2. The fourth-order valence-electron chi connectivity index (χ4n) is 2.55. The monoisotopic (exact) mass is 365 g/mol. The Morgan fingerprint density at radius 1 is 1.23 bits per heavy atom. The van der Waals surface area contributed by atoms with Crippen LogP contribution in [0, 0.1) is 10.1 Å². The van der Waals surface area contributed by atoms with E-state index in [9.17, 15) is 24.5 Å².